The summed E-state index contributed by atoms with van der Waals surface area (Å²) >= 11 is 0. The molecule has 0 spiro atoms. The minimum atomic E-state index is 0.500. The maximum atomic E-state index is 9.50. The smallest absolute Gasteiger partial charge is 0.314 e. The van der Waals surface area contributed by atoms with E-state index >= 15 is 0 Å². The van der Waals surface area contributed by atoms with Gasteiger partial charge in [0.2, 0.25) is 0 Å². The Labute approximate surface area is 62.8 Å². The molecule has 0 saturated heterocycles. The van der Waals surface area contributed by atoms with Gasteiger partial charge in [0.1, 0.15) is 0 Å². The number of halogens is 1. The molecule has 0 fully saturated rings. The second-order valence-electron chi connectivity index (χ2n) is 2.10. The van der Waals surface area contributed by atoms with E-state index < -0.39 is 0 Å². The first-order chi connectivity index (χ1) is 4.83. The van der Waals surface area contributed by atoms with E-state index in [1.54, 1.807) is 0 Å². The van der Waals surface area contributed by atoms with E-state index in [0.717, 1.165) is 13.2 Å². The normalized spacial score (nSPS) is 15.1. The predicted molar refractivity (Wildman–Crippen MR) is 43.8 cm³/mol. The third kappa shape index (κ3) is 2.76. The Kier molecular flexibility index (Phi) is 4.80. The Hall–Kier alpha value is -0.665. The molecule has 0 saturated carbocycles. The van der Waals surface area contributed by atoms with Crippen LogP contribution >= 0.6 is 0 Å². The van der Waals surface area contributed by atoms with Crippen molar-refractivity contribution in [3.63, 3.8) is 0 Å². The van der Waals surface area contributed by atoms with Crippen molar-refractivity contribution >= 4 is 8.12 Å². The first-order valence-electron chi connectivity index (χ1n) is 3.33. The molecule has 0 radical (unpaired) electrons. The van der Waals surface area contributed by atoms with Crippen LogP contribution in [-0.4, -0.2) is 38.2 Å². The summed E-state index contributed by atoms with van der Waals surface area (Å²) in [6.45, 7) is 4.32. The van der Waals surface area contributed by atoms with E-state index in [4.69, 9.17) is 0 Å². The van der Waals surface area contributed by atoms with E-state index in [9.17, 15) is 4.32 Å². The molecule has 0 unspecified atom stereocenters. The fourth-order valence-corrected chi connectivity index (χ4v) is 0.794. The van der Waals surface area contributed by atoms with Gasteiger partial charge in [0, 0.05) is 26.0 Å². The lowest BCUT2D eigenvalue weighted by molar-refractivity contribution is 0.308. The highest BCUT2D eigenvalue weighted by atomic mass is 19.1. The summed E-state index contributed by atoms with van der Waals surface area (Å²) in [7, 11) is 2.58. The van der Waals surface area contributed by atoms with Crippen LogP contribution in [0.15, 0.2) is 12.4 Å². The van der Waals surface area contributed by atoms with Gasteiger partial charge in [0.25, 0.3) is 0 Å². The van der Waals surface area contributed by atoms with Gasteiger partial charge in [-0.1, -0.05) is 0 Å². The predicted octanol–water partition coefficient (Wildman–Crippen LogP) is 0.186. The summed E-state index contributed by atoms with van der Waals surface area (Å²) in [5.41, 5.74) is 0. The van der Waals surface area contributed by atoms with Crippen molar-refractivity contribution in [2.45, 2.75) is 6.92 Å². The first kappa shape index (κ1) is 9.33. The molecule has 0 aromatic rings. The molecule has 2 nitrogen and oxygen atoms in total. The van der Waals surface area contributed by atoms with Gasteiger partial charge in [-0.2, -0.15) is 0 Å². The van der Waals surface area contributed by atoms with Crippen LogP contribution in [0.25, 0.3) is 0 Å². The van der Waals surface area contributed by atoms with Crippen LogP contribution in [0.2, 0.25) is 0 Å². The van der Waals surface area contributed by atoms with Crippen molar-refractivity contribution in [1.29, 1.82) is 0 Å². The molecular formula is C6H14BFN2. The van der Waals surface area contributed by atoms with Gasteiger partial charge in [-0.15, -0.1) is 0 Å². The van der Waals surface area contributed by atoms with Crippen LogP contribution in [0.4, 0.5) is 4.32 Å². The van der Waals surface area contributed by atoms with E-state index in [-0.39, 0.29) is 0 Å². The molecular weight excluding hydrogens is 130 g/mol. The number of hydrogen-bond donors (Lipinski definition) is 0. The average molecular weight is 144 g/mol. The molecule has 58 valence electrons. The van der Waals surface area contributed by atoms with Gasteiger partial charge in [0.15, 0.2) is 0 Å². The maximum absolute atomic E-state index is 9.50. The summed E-state index contributed by atoms with van der Waals surface area (Å²) in [5.74, 6) is 0. The minimum Gasteiger partial charge on any atom is -0.362 e. The highest BCUT2D eigenvalue weighted by molar-refractivity contribution is 5.96. The molecule has 0 aromatic carbocycles. The second kappa shape index (κ2) is 5.15. The lowest BCUT2D eigenvalue weighted by Crippen LogP contribution is -2.21. The molecule has 10 heavy (non-hydrogen) atoms. The summed E-state index contributed by atoms with van der Waals surface area (Å²) in [4.78, 5) is 4.41. The monoisotopic (exact) mass is 144 g/mol. The maximum Gasteiger partial charge on any atom is 0.314 e. The number of hydrogen-bond acceptors (Lipinski definition) is 2. The Morgan fingerprint density at radius 3 is 2.30 bits per heavy atom. The van der Waals surface area contributed by atoms with Crippen molar-refractivity contribution in [2.75, 3.05) is 20.3 Å². The molecule has 0 atom stereocenters. The third-order valence-corrected chi connectivity index (χ3v) is 1.34. The Balaban J connectivity index is 0.000000371. The molecule has 0 aliphatic carbocycles. The van der Waals surface area contributed by atoms with Gasteiger partial charge in [-0.3, -0.25) is 0 Å². The van der Waals surface area contributed by atoms with Crippen LogP contribution in [0, 0.1) is 0 Å². The molecule has 1 heterocycles. The van der Waals surface area contributed by atoms with Crippen LogP contribution in [0.3, 0.4) is 0 Å². The number of nitrogens with zero attached hydrogens (tertiary/aromatic N) is 2. The molecule has 1 aliphatic heterocycles. The zero-order valence-electron chi connectivity index (χ0n) is 6.84. The van der Waals surface area contributed by atoms with Crippen LogP contribution in [0.5, 0.6) is 0 Å². The average Bonchev–Trinajstić information content (AvgIpc) is 2.40. The summed E-state index contributed by atoms with van der Waals surface area (Å²) in [6.07, 6.45) is 4.20. The summed E-state index contributed by atoms with van der Waals surface area (Å²) in [5, 5.41) is 0. The molecule has 1 aliphatic rings. The van der Waals surface area contributed by atoms with Crippen molar-refractivity contribution in [1.82, 2.24) is 9.80 Å². The summed E-state index contributed by atoms with van der Waals surface area (Å²) < 4.78 is 9.50. The van der Waals surface area contributed by atoms with Crippen LogP contribution in [0.1, 0.15) is 6.92 Å². The molecule has 0 N–H and O–H groups in total. The molecule has 0 amide bonds. The van der Waals surface area contributed by atoms with Crippen molar-refractivity contribution in [3.05, 3.63) is 12.4 Å². The standard InChI is InChI=1S/C6H12N2.BFH2/c1-3-8-5-4-7(2)6-8;1-2/h4-5H,3,6H2,1-2H3;1H2. The second-order valence-corrected chi connectivity index (χ2v) is 2.10. The fraction of sp³-hybridized carbons (Fsp3) is 0.667. The fourth-order valence-electron chi connectivity index (χ4n) is 0.794. The van der Waals surface area contributed by atoms with Gasteiger partial charge in [-0.05, 0) is 6.92 Å². The van der Waals surface area contributed by atoms with E-state index in [1.165, 1.54) is 0 Å². The Morgan fingerprint density at radius 2 is 2.10 bits per heavy atom. The molecule has 1 rings (SSSR count). The van der Waals surface area contributed by atoms with Crippen molar-refractivity contribution in [3.8, 4) is 0 Å². The summed E-state index contributed by atoms with van der Waals surface area (Å²) in [6, 6.07) is 0. The van der Waals surface area contributed by atoms with E-state index in [0.29, 0.717) is 8.12 Å². The van der Waals surface area contributed by atoms with Gasteiger partial charge >= 0.3 is 8.12 Å². The van der Waals surface area contributed by atoms with E-state index in [2.05, 4.69) is 36.2 Å². The highest BCUT2D eigenvalue weighted by Crippen LogP contribution is 2.00. The van der Waals surface area contributed by atoms with Gasteiger partial charge < -0.3 is 14.1 Å². The van der Waals surface area contributed by atoms with Crippen molar-refractivity contribution < 1.29 is 4.32 Å². The Bertz CT molecular complexity index is 108. The van der Waals surface area contributed by atoms with E-state index in [1.807, 2.05) is 0 Å². The van der Waals surface area contributed by atoms with Crippen molar-refractivity contribution in [2.24, 2.45) is 0 Å². The SMILES string of the molecule is BF.CCN1C=CN(C)C1. The van der Waals surface area contributed by atoms with Gasteiger partial charge in [0.05, 0.1) is 6.67 Å². The topological polar surface area (TPSA) is 6.48 Å². The van der Waals surface area contributed by atoms with Crippen LogP contribution < -0.4 is 0 Å². The van der Waals surface area contributed by atoms with Gasteiger partial charge in [-0.25, -0.2) is 0 Å². The Morgan fingerprint density at radius 1 is 1.50 bits per heavy atom. The quantitative estimate of drug-likeness (QED) is 0.484. The minimum absolute atomic E-state index is 0.500. The first-order valence-corrected chi connectivity index (χ1v) is 3.33. The third-order valence-electron chi connectivity index (χ3n) is 1.34. The molecule has 4 heteroatoms. The highest BCUT2D eigenvalue weighted by Gasteiger charge is 2.03. The lowest BCUT2D eigenvalue weighted by Gasteiger charge is -2.14. The number of rotatable bonds is 1. The largest absolute Gasteiger partial charge is 0.362 e. The zero-order chi connectivity index (χ0) is 7.98. The molecule has 0 bridgehead atoms. The van der Waals surface area contributed by atoms with Crippen LogP contribution in [-0.2, 0) is 0 Å². The lowest BCUT2D eigenvalue weighted by atomic mass is 10.6. The zero-order valence-corrected chi connectivity index (χ0v) is 6.84. The molecule has 0 aromatic heterocycles.